The fraction of sp³-hybridized carbons (Fsp3) is 0.143. The molecule has 5 nitrogen and oxygen atoms in total. The third-order valence-electron chi connectivity index (χ3n) is 6.14. The topological polar surface area (TPSA) is 84.3 Å². The largest absolute Gasteiger partial charge is 0.478 e. The maximum absolute atomic E-state index is 12.5. The van der Waals surface area contributed by atoms with Crippen LogP contribution in [-0.2, 0) is 19.4 Å². The fourth-order valence-corrected chi connectivity index (χ4v) is 4.38. The summed E-state index contributed by atoms with van der Waals surface area (Å²) in [5.74, 6) is -0.997. The summed E-state index contributed by atoms with van der Waals surface area (Å²) in [5.41, 5.74) is 5.96. The van der Waals surface area contributed by atoms with Gasteiger partial charge in [0.15, 0.2) is 9.84 Å². The first-order valence-corrected chi connectivity index (χ1v) is 12.7. The summed E-state index contributed by atoms with van der Waals surface area (Å²) in [6.45, 7) is 3.44. The zero-order valence-electron chi connectivity index (χ0n) is 19.2. The second kappa shape index (κ2) is 8.88. The molecule has 0 unspecified atom stereocenters. The molecule has 0 bridgehead atoms. The number of hydrogen-bond donors (Lipinski definition) is 1. The minimum Gasteiger partial charge on any atom is -0.478 e. The van der Waals surface area contributed by atoms with E-state index in [1.54, 1.807) is 26.1 Å². The molecule has 0 saturated carbocycles. The summed E-state index contributed by atoms with van der Waals surface area (Å²) in [6, 6.07) is 23.2. The van der Waals surface area contributed by atoms with Gasteiger partial charge in [-0.2, -0.15) is 0 Å². The Kier molecular flexibility index (Phi) is 6.11. The molecule has 0 saturated heterocycles. The molecule has 1 aromatic heterocycles. The predicted octanol–water partition coefficient (Wildman–Crippen LogP) is 5.95. The van der Waals surface area contributed by atoms with Crippen LogP contribution in [0.1, 0.15) is 25.0 Å². The van der Waals surface area contributed by atoms with Gasteiger partial charge in [0, 0.05) is 29.5 Å². The zero-order valence-corrected chi connectivity index (χ0v) is 20.0. The minimum absolute atomic E-state index is 0.705. The Balaban J connectivity index is 1.88. The van der Waals surface area contributed by atoms with Crippen molar-refractivity contribution in [3.05, 3.63) is 96.2 Å². The number of fused-ring (bicyclic) bond motifs is 1. The number of nitrogens with zero attached hydrogens (tertiary/aromatic N) is 1. The number of sulfone groups is 1. The molecule has 0 aliphatic rings. The van der Waals surface area contributed by atoms with Crippen LogP contribution in [0.5, 0.6) is 0 Å². The van der Waals surface area contributed by atoms with E-state index < -0.39 is 20.6 Å². The van der Waals surface area contributed by atoms with Crippen molar-refractivity contribution in [2.24, 2.45) is 0 Å². The van der Waals surface area contributed by atoms with Crippen molar-refractivity contribution >= 4 is 32.8 Å². The lowest BCUT2D eigenvalue weighted by Crippen LogP contribution is -2.28. The maximum atomic E-state index is 12.5. The van der Waals surface area contributed by atoms with E-state index in [9.17, 15) is 13.2 Å². The van der Waals surface area contributed by atoms with Gasteiger partial charge >= 0.3 is 5.97 Å². The SMILES string of the molecule is CC(C)(c1cc(-c2cccc(-c3cccc(C=CC(=O)O)c3)c2)c2ncccc2c1)S(C)(=O)=O. The van der Waals surface area contributed by atoms with E-state index in [0.29, 0.717) is 5.56 Å². The summed E-state index contributed by atoms with van der Waals surface area (Å²) < 4.78 is 24.0. The first kappa shape index (κ1) is 23.4. The molecule has 0 aliphatic heterocycles. The monoisotopic (exact) mass is 471 g/mol. The number of pyridine rings is 1. The molecule has 6 heteroatoms. The first-order chi connectivity index (χ1) is 16.1. The average Bonchev–Trinajstić information content (AvgIpc) is 2.81. The highest BCUT2D eigenvalue weighted by molar-refractivity contribution is 7.91. The Morgan fingerprint density at radius 3 is 2.29 bits per heavy atom. The van der Waals surface area contributed by atoms with Crippen LogP contribution in [0.25, 0.3) is 39.2 Å². The van der Waals surface area contributed by atoms with Gasteiger partial charge in [0.05, 0.1) is 10.3 Å². The second-order valence-electron chi connectivity index (χ2n) is 8.76. The fourth-order valence-electron chi connectivity index (χ4n) is 3.83. The molecule has 0 atom stereocenters. The van der Waals surface area contributed by atoms with Gasteiger partial charge < -0.3 is 5.11 Å². The predicted molar refractivity (Wildman–Crippen MR) is 137 cm³/mol. The molecule has 34 heavy (non-hydrogen) atoms. The molecule has 0 radical (unpaired) electrons. The van der Waals surface area contributed by atoms with Gasteiger partial charge in [0.2, 0.25) is 0 Å². The van der Waals surface area contributed by atoms with Gasteiger partial charge in [-0.25, -0.2) is 13.2 Å². The van der Waals surface area contributed by atoms with E-state index in [1.807, 2.05) is 72.8 Å². The number of benzene rings is 3. The lowest BCUT2D eigenvalue weighted by molar-refractivity contribution is -0.131. The molecule has 1 heterocycles. The van der Waals surface area contributed by atoms with Crippen LogP contribution < -0.4 is 0 Å². The number of hydrogen-bond acceptors (Lipinski definition) is 4. The van der Waals surface area contributed by atoms with Crippen LogP contribution in [0, 0.1) is 0 Å². The van der Waals surface area contributed by atoms with E-state index in [-0.39, 0.29) is 0 Å². The number of rotatable bonds is 6. The second-order valence-corrected chi connectivity index (χ2v) is 11.3. The Morgan fingerprint density at radius 2 is 1.59 bits per heavy atom. The third kappa shape index (κ3) is 4.63. The number of carbonyl (C=O) groups is 1. The molecule has 0 amide bonds. The van der Waals surface area contributed by atoms with Gasteiger partial charge in [0.1, 0.15) is 0 Å². The van der Waals surface area contributed by atoms with Crippen LogP contribution >= 0.6 is 0 Å². The van der Waals surface area contributed by atoms with Gasteiger partial charge in [-0.3, -0.25) is 4.98 Å². The zero-order chi connectivity index (χ0) is 24.5. The van der Waals surface area contributed by atoms with Crippen LogP contribution in [0.3, 0.4) is 0 Å². The highest BCUT2D eigenvalue weighted by Crippen LogP contribution is 2.37. The van der Waals surface area contributed by atoms with Crippen molar-refractivity contribution in [3.63, 3.8) is 0 Å². The van der Waals surface area contributed by atoms with Crippen molar-refractivity contribution in [2.75, 3.05) is 6.26 Å². The quantitative estimate of drug-likeness (QED) is 0.352. The Morgan fingerprint density at radius 1 is 0.912 bits per heavy atom. The van der Waals surface area contributed by atoms with Crippen molar-refractivity contribution in [3.8, 4) is 22.3 Å². The van der Waals surface area contributed by atoms with Crippen molar-refractivity contribution < 1.29 is 18.3 Å². The average molecular weight is 472 g/mol. The summed E-state index contributed by atoms with van der Waals surface area (Å²) in [4.78, 5) is 15.5. The Bertz CT molecular complexity index is 1540. The Hall–Kier alpha value is -3.77. The van der Waals surface area contributed by atoms with E-state index in [2.05, 4.69) is 4.98 Å². The smallest absolute Gasteiger partial charge is 0.328 e. The van der Waals surface area contributed by atoms with E-state index >= 15 is 0 Å². The maximum Gasteiger partial charge on any atom is 0.328 e. The highest BCUT2D eigenvalue weighted by atomic mass is 32.2. The van der Waals surface area contributed by atoms with Crippen molar-refractivity contribution in [1.29, 1.82) is 0 Å². The molecule has 4 rings (SSSR count). The van der Waals surface area contributed by atoms with Crippen LogP contribution in [0.4, 0.5) is 0 Å². The molecule has 0 aliphatic carbocycles. The first-order valence-electron chi connectivity index (χ1n) is 10.8. The molecular formula is C28H25NO4S. The normalized spacial score (nSPS) is 12.3. The Labute approximate surface area is 199 Å². The van der Waals surface area contributed by atoms with E-state index in [1.165, 1.54) is 6.26 Å². The van der Waals surface area contributed by atoms with E-state index in [0.717, 1.165) is 44.8 Å². The lowest BCUT2D eigenvalue weighted by atomic mass is 9.92. The van der Waals surface area contributed by atoms with Gasteiger partial charge in [-0.05, 0) is 78.1 Å². The highest BCUT2D eigenvalue weighted by Gasteiger charge is 2.33. The summed E-state index contributed by atoms with van der Waals surface area (Å²) >= 11 is 0. The standard InChI is InChI=1S/C28H25NO4S/c1-28(2,34(3,32)33)24-17-23-11-6-14-29-27(23)25(18-24)22-10-5-9-21(16-22)20-8-4-7-19(15-20)12-13-26(30)31/h4-18H,1-3H3,(H,30,31). The molecule has 0 spiro atoms. The van der Waals surface area contributed by atoms with Gasteiger partial charge in [-0.1, -0.05) is 42.5 Å². The van der Waals surface area contributed by atoms with Crippen molar-refractivity contribution in [2.45, 2.75) is 18.6 Å². The molecule has 1 N–H and O–H groups in total. The molecule has 3 aromatic carbocycles. The lowest BCUT2D eigenvalue weighted by Gasteiger charge is -2.24. The van der Waals surface area contributed by atoms with Crippen LogP contribution in [0.2, 0.25) is 0 Å². The van der Waals surface area contributed by atoms with Gasteiger partial charge in [0.25, 0.3) is 0 Å². The van der Waals surface area contributed by atoms with E-state index in [4.69, 9.17) is 5.11 Å². The molecule has 0 fully saturated rings. The number of aliphatic carboxylic acids is 1. The summed E-state index contributed by atoms with van der Waals surface area (Å²) in [7, 11) is -3.36. The van der Waals surface area contributed by atoms with Gasteiger partial charge in [-0.15, -0.1) is 0 Å². The molecule has 172 valence electrons. The number of aromatic nitrogens is 1. The third-order valence-corrected chi connectivity index (χ3v) is 8.23. The van der Waals surface area contributed by atoms with Crippen LogP contribution in [0.15, 0.2) is 85.1 Å². The van der Waals surface area contributed by atoms with Crippen LogP contribution in [-0.4, -0.2) is 30.7 Å². The molecule has 4 aromatic rings. The summed E-state index contributed by atoms with van der Waals surface area (Å²) in [6.07, 6.45) is 5.66. The number of carboxylic acid groups (broad SMARTS) is 1. The summed E-state index contributed by atoms with van der Waals surface area (Å²) in [5, 5.41) is 9.78. The number of carboxylic acids is 1. The minimum atomic E-state index is -3.36. The van der Waals surface area contributed by atoms with Crippen molar-refractivity contribution in [1.82, 2.24) is 4.98 Å². The molecular weight excluding hydrogens is 446 g/mol.